The highest BCUT2D eigenvalue weighted by Crippen LogP contribution is 2.43. The number of allylic oxidation sites excluding steroid dienone is 3. The highest BCUT2D eigenvalue weighted by atomic mass is 16.5. The average molecular weight is 269 g/mol. The Balaban J connectivity index is 1.62. The van der Waals surface area contributed by atoms with Crippen molar-refractivity contribution in [2.45, 2.75) is 19.8 Å². The molecule has 1 fully saturated rings. The molecule has 3 rings (SSSR count). The van der Waals surface area contributed by atoms with E-state index in [0.717, 1.165) is 35.7 Å². The van der Waals surface area contributed by atoms with Crippen LogP contribution in [0.25, 0.3) is 0 Å². The number of benzene rings is 1. The smallest absolute Gasteiger partial charge is 0.119 e. The fourth-order valence-corrected chi connectivity index (χ4v) is 3.52. The molecule has 0 spiro atoms. The zero-order valence-electron chi connectivity index (χ0n) is 12.3. The second-order valence-electron chi connectivity index (χ2n) is 6.06. The van der Waals surface area contributed by atoms with Gasteiger partial charge in [-0.1, -0.05) is 25.2 Å². The fourth-order valence-electron chi connectivity index (χ4n) is 3.52. The SMILES string of the molecule is COc1ccc(NCC2=CC=CC3C[C@H](C)CC23)cc1. The number of ether oxygens (including phenoxy) is 1. The molecule has 106 valence electrons. The van der Waals surface area contributed by atoms with E-state index in [0.29, 0.717) is 0 Å². The van der Waals surface area contributed by atoms with Crippen LogP contribution in [-0.4, -0.2) is 13.7 Å². The van der Waals surface area contributed by atoms with Crippen molar-refractivity contribution >= 4 is 5.69 Å². The lowest BCUT2D eigenvalue weighted by atomic mass is 9.85. The van der Waals surface area contributed by atoms with E-state index in [4.69, 9.17) is 4.74 Å². The van der Waals surface area contributed by atoms with E-state index < -0.39 is 0 Å². The molecule has 1 aromatic carbocycles. The van der Waals surface area contributed by atoms with Crippen molar-refractivity contribution in [2.75, 3.05) is 19.0 Å². The summed E-state index contributed by atoms with van der Waals surface area (Å²) in [6.07, 6.45) is 9.62. The van der Waals surface area contributed by atoms with Gasteiger partial charge in [0.05, 0.1) is 7.11 Å². The van der Waals surface area contributed by atoms with Gasteiger partial charge in [0, 0.05) is 12.2 Å². The molecule has 20 heavy (non-hydrogen) atoms. The monoisotopic (exact) mass is 269 g/mol. The second kappa shape index (κ2) is 5.74. The standard InChI is InChI=1S/C18H23NO/c1-13-10-14-4-3-5-15(18(14)11-13)12-19-16-6-8-17(20-2)9-7-16/h3-9,13-14,18-19H,10-12H2,1-2H3/t13-,14?,18?/m0/s1. The first-order chi connectivity index (χ1) is 9.76. The maximum Gasteiger partial charge on any atom is 0.119 e. The minimum Gasteiger partial charge on any atom is -0.497 e. The van der Waals surface area contributed by atoms with Crippen LogP contribution < -0.4 is 10.1 Å². The third kappa shape index (κ3) is 2.74. The molecule has 0 heterocycles. The van der Waals surface area contributed by atoms with Crippen molar-refractivity contribution < 1.29 is 4.74 Å². The minimum absolute atomic E-state index is 0.751. The number of nitrogens with one attached hydrogen (secondary N) is 1. The largest absolute Gasteiger partial charge is 0.497 e. The molecule has 2 nitrogen and oxygen atoms in total. The van der Waals surface area contributed by atoms with Crippen molar-refractivity contribution in [3.63, 3.8) is 0 Å². The normalized spacial score (nSPS) is 27.9. The molecule has 0 radical (unpaired) electrons. The third-order valence-corrected chi connectivity index (χ3v) is 4.58. The number of hydrogen-bond acceptors (Lipinski definition) is 2. The molecule has 1 aromatic rings. The molecule has 2 aliphatic carbocycles. The summed E-state index contributed by atoms with van der Waals surface area (Å²) in [5, 5.41) is 3.54. The van der Waals surface area contributed by atoms with Gasteiger partial charge < -0.3 is 10.1 Å². The van der Waals surface area contributed by atoms with Gasteiger partial charge in [-0.15, -0.1) is 0 Å². The maximum atomic E-state index is 5.18. The topological polar surface area (TPSA) is 21.3 Å². The van der Waals surface area contributed by atoms with E-state index in [9.17, 15) is 0 Å². The fraction of sp³-hybridized carbons (Fsp3) is 0.444. The quantitative estimate of drug-likeness (QED) is 0.881. The Morgan fingerprint density at radius 2 is 2.00 bits per heavy atom. The van der Waals surface area contributed by atoms with Crippen LogP contribution in [0, 0.1) is 17.8 Å². The van der Waals surface area contributed by atoms with E-state index in [1.54, 1.807) is 12.7 Å². The van der Waals surface area contributed by atoms with Gasteiger partial charge >= 0.3 is 0 Å². The molecule has 1 saturated carbocycles. The highest BCUT2D eigenvalue weighted by molar-refractivity contribution is 5.47. The third-order valence-electron chi connectivity index (χ3n) is 4.58. The van der Waals surface area contributed by atoms with Crippen LogP contribution in [-0.2, 0) is 0 Å². The summed E-state index contributed by atoms with van der Waals surface area (Å²) >= 11 is 0. The van der Waals surface area contributed by atoms with E-state index in [1.807, 2.05) is 12.1 Å². The van der Waals surface area contributed by atoms with E-state index in [-0.39, 0.29) is 0 Å². The molecule has 2 unspecified atom stereocenters. The van der Waals surface area contributed by atoms with Gasteiger partial charge in [0.15, 0.2) is 0 Å². The summed E-state index contributed by atoms with van der Waals surface area (Å²) in [6.45, 7) is 3.32. The zero-order chi connectivity index (χ0) is 13.9. The minimum atomic E-state index is 0.751. The van der Waals surface area contributed by atoms with Crippen LogP contribution in [0.3, 0.4) is 0 Å². The Morgan fingerprint density at radius 3 is 2.75 bits per heavy atom. The van der Waals surface area contributed by atoms with Gasteiger partial charge in [0.1, 0.15) is 5.75 Å². The number of anilines is 1. The molecule has 2 aliphatic rings. The van der Waals surface area contributed by atoms with Crippen molar-refractivity contribution in [2.24, 2.45) is 17.8 Å². The van der Waals surface area contributed by atoms with Gasteiger partial charge in [-0.05, 0) is 60.4 Å². The molecular weight excluding hydrogens is 246 g/mol. The molecule has 0 amide bonds. The lowest BCUT2D eigenvalue weighted by Crippen LogP contribution is -2.18. The molecule has 1 N–H and O–H groups in total. The summed E-state index contributed by atoms with van der Waals surface area (Å²) in [4.78, 5) is 0. The summed E-state index contributed by atoms with van der Waals surface area (Å²) in [5.41, 5.74) is 2.71. The Bertz CT molecular complexity index is 515. The Morgan fingerprint density at radius 1 is 1.20 bits per heavy atom. The van der Waals surface area contributed by atoms with Crippen LogP contribution in [0.4, 0.5) is 5.69 Å². The van der Waals surface area contributed by atoms with Crippen LogP contribution in [0.2, 0.25) is 0 Å². The molecule has 0 saturated heterocycles. The zero-order valence-corrected chi connectivity index (χ0v) is 12.3. The summed E-state index contributed by atoms with van der Waals surface area (Å²) < 4.78 is 5.18. The van der Waals surface area contributed by atoms with Crippen molar-refractivity contribution in [3.05, 3.63) is 48.1 Å². The van der Waals surface area contributed by atoms with E-state index in [2.05, 4.69) is 42.6 Å². The van der Waals surface area contributed by atoms with Crippen molar-refractivity contribution in [1.29, 1.82) is 0 Å². The number of rotatable bonds is 4. The van der Waals surface area contributed by atoms with Crippen molar-refractivity contribution in [3.8, 4) is 5.75 Å². The van der Waals surface area contributed by atoms with Crippen LogP contribution in [0.5, 0.6) is 5.75 Å². The molecule has 0 aliphatic heterocycles. The van der Waals surface area contributed by atoms with Gasteiger partial charge in [0.2, 0.25) is 0 Å². The molecule has 2 heteroatoms. The van der Waals surface area contributed by atoms with Gasteiger partial charge in [-0.3, -0.25) is 0 Å². The van der Waals surface area contributed by atoms with Crippen molar-refractivity contribution in [1.82, 2.24) is 0 Å². The average Bonchev–Trinajstić information content (AvgIpc) is 2.86. The lowest BCUT2D eigenvalue weighted by Gasteiger charge is -2.23. The first kappa shape index (κ1) is 13.3. The van der Waals surface area contributed by atoms with Gasteiger partial charge in [0.25, 0.3) is 0 Å². The van der Waals surface area contributed by atoms with E-state index in [1.165, 1.54) is 12.8 Å². The first-order valence-electron chi connectivity index (χ1n) is 7.51. The molecule has 0 aromatic heterocycles. The van der Waals surface area contributed by atoms with Crippen LogP contribution in [0.1, 0.15) is 19.8 Å². The summed E-state index contributed by atoms with van der Waals surface area (Å²) in [6, 6.07) is 8.15. The van der Waals surface area contributed by atoms with Crippen LogP contribution >= 0.6 is 0 Å². The van der Waals surface area contributed by atoms with E-state index >= 15 is 0 Å². The van der Waals surface area contributed by atoms with Gasteiger partial charge in [-0.2, -0.15) is 0 Å². The predicted octanol–water partition coefficient (Wildman–Crippen LogP) is 4.27. The summed E-state index contributed by atoms with van der Waals surface area (Å²) in [5.74, 6) is 3.28. The molecular formula is C18H23NO. The second-order valence-corrected chi connectivity index (χ2v) is 6.06. The Kier molecular flexibility index (Phi) is 3.81. The molecule has 3 atom stereocenters. The first-order valence-corrected chi connectivity index (χ1v) is 7.51. The Labute approximate surface area is 121 Å². The highest BCUT2D eigenvalue weighted by Gasteiger charge is 2.33. The lowest BCUT2D eigenvalue weighted by molar-refractivity contribution is 0.415. The predicted molar refractivity (Wildman–Crippen MR) is 84.1 cm³/mol. The number of hydrogen-bond donors (Lipinski definition) is 1. The van der Waals surface area contributed by atoms with Crippen LogP contribution in [0.15, 0.2) is 48.1 Å². The van der Waals surface area contributed by atoms with Gasteiger partial charge in [-0.25, -0.2) is 0 Å². The molecule has 0 bridgehead atoms. The summed E-state index contributed by atoms with van der Waals surface area (Å²) in [7, 11) is 1.70. The maximum absolute atomic E-state index is 5.18. The Hall–Kier alpha value is -1.70. The number of fused-ring (bicyclic) bond motifs is 1. The number of methoxy groups -OCH3 is 1.